The lowest BCUT2D eigenvalue weighted by molar-refractivity contribution is -0.137. The summed E-state index contributed by atoms with van der Waals surface area (Å²) in [6.07, 6.45) is -0.0220. The molecule has 0 fully saturated rings. The van der Waals surface area contributed by atoms with Gasteiger partial charge >= 0.3 is 6.18 Å². The van der Waals surface area contributed by atoms with Crippen molar-refractivity contribution in [3.05, 3.63) is 41.5 Å². The number of allylic oxidation sites excluding steroid dienone is 1. The van der Waals surface area contributed by atoms with Gasteiger partial charge in [0, 0.05) is 6.54 Å². The Hall–Kier alpha value is -1.29. The van der Waals surface area contributed by atoms with Crippen LogP contribution in [0.1, 0.15) is 24.0 Å². The Labute approximate surface area is 111 Å². The number of hydrogen-bond acceptors (Lipinski definition) is 1. The summed E-state index contributed by atoms with van der Waals surface area (Å²) in [7, 11) is 4.03. The summed E-state index contributed by atoms with van der Waals surface area (Å²) in [5.74, 6) is 0.423. The fourth-order valence-electron chi connectivity index (χ4n) is 2.60. The summed E-state index contributed by atoms with van der Waals surface area (Å²) >= 11 is 0. The molecule has 1 aliphatic carbocycles. The van der Waals surface area contributed by atoms with Crippen LogP contribution in [0.3, 0.4) is 0 Å². The Kier molecular flexibility index (Phi) is 3.99. The van der Waals surface area contributed by atoms with E-state index in [1.54, 1.807) is 12.1 Å². The molecule has 0 N–H and O–H groups in total. The monoisotopic (exact) mass is 269 g/mol. The van der Waals surface area contributed by atoms with Crippen molar-refractivity contribution >= 4 is 5.57 Å². The first kappa shape index (κ1) is 14.1. The lowest BCUT2D eigenvalue weighted by Crippen LogP contribution is -2.21. The molecule has 4 heteroatoms. The van der Waals surface area contributed by atoms with Crippen molar-refractivity contribution in [3.8, 4) is 0 Å². The van der Waals surface area contributed by atoms with Crippen LogP contribution in [0.15, 0.2) is 30.3 Å². The van der Waals surface area contributed by atoms with E-state index in [4.69, 9.17) is 0 Å². The van der Waals surface area contributed by atoms with E-state index in [-0.39, 0.29) is 0 Å². The molecule has 1 aromatic rings. The molecule has 1 aromatic carbocycles. The van der Waals surface area contributed by atoms with Crippen LogP contribution in [-0.2, 0) is 6.18 Å². The van der Waals surface area contributed by atoms with Crippen molar-refractivity contribution in [3.63, 3.8) is 0 Å². The second-order valence-electron chi connectivity index (χ2n) is 5.27. The van der Waals surface area contributed by atoms with E-state index in [0.717, 1.165) is 24.9 Å². The Bertz CT molecular complexity index is 457. The first-order valence-corrected chi connectivity index (χ1v) is 6.40. The summed E-state index contributed by atoms with van der Waals surface area (Å²) in [5.41, 5.74) is 1.51. The Morgan fingerprint density at radius 3 is 2.32 bits per heavy atom. The molecule has 104 valence electrons. The standard InChI is InChI=1S/C15H18F3N/c1-19(2)10-12-4-3-5-14(12)11-6-8-13(9-7-11)15(16,17)18/h5-9,12H,3-4,10H2,1-2H3. The zero-order valence-electron chi connectivity index (χ0n) is 11.2. The topological polar surface area (TPSA) is 3.24 Å². The lowest BCUT2D eigenvalue weighted by atomic mass is 9.94. The highest BCUT2D eigenvalue weighted by molar-refractivity contribution is 5.69. The van der Waals surface area contributed by atoms with Crippen molar-refractivity contribution in [2.75, 3.05) is 20.6 Å². The highest BCUT2D eigenvalue weighted by Crippen LogP contribution is 2.36. The second kappa shape index (κ2) is 5.37. The molecule has 1 nitrogen and oxygen atoms in total. The average Bonchev–Trinajstić information content (AvgIpc) is 2.75. The van der Waals surface area contributed by atoms with E-state index >= 15 is 0 Å². The molecule has 0 aliphatic heterocycles. The molecule has 1 atom stereocenters. The number of halogens is 3. The minimum atomic E-state index is -4.26. The van der Waals surface area contributed by atoms with Gasteiger partial charge in [0.25, 0.3) is 0 Å². The lowest BCUT2D eigenvalue weighted by Gasteiger charge is -2.20. The average molecular weight is 269 g/mol. The molecule has 0 radical (unpaired) electrons. The van der Waals surface area contributed by atoms with Gasteiger partial charge in [0.05, 0.1) is 5.56 Å². The maximum absolute atomic E-state index is 12.5. The van der Waals surface area contributed by atoms with Crippen molar-refractivity contribution < 1.29 is 13.2 Å². The Morgan fingerprint density at radius 1 is 1.16 bits per heavy atom. The summed E-state index contributed by atoms with van der Waals surface area (Å²) in [6.45, 7) is 0.937. The van der Waals surface area contributed by atoms with Crippen molar-refractivity contribution in [2.45, 2.75) is 19.0 Å². The Balaban J connectivity index is 2.18. The molecule has 0 saturated carbocycles. The number of benzene rings is 1. The molecule has 19 heavy (non-hydrogen) atoms. The quantitative estimate of drug-likeness (QED) is 0.799. The number of alkyl halides is 3. The number of nitrogens with zero attached hydrogens (tertiary/aromatic N) is 1. The minimum absolute atomic E-state index is 0.423. The van der Waals surface area contributed by atoms with Gasteiger partial charge in [-0.15, -0.1) is 0 Å². The minimum Gasteiger partial charge on any atom is -0.309 e. The van der Waals surface area contributed by atoms with Gasteiger partial charge in [0.15, 0.2) is 0 Å². The van der Waals surface area contributed by atoms with Gasteiger partial charge in [-0.05, 0) is 56.1 Å². The van der Waals surface area contributed by atoms with Gasteiger partial charge in [0.1, 0.15) is 0 Å². The van der Waals surface area contributed by atoms with Gasteiger partial charge in [-0.3, -0.25) is 0 Å². The van der Waals surface area contributed by atoms with Gasteiger partial charge in [-0.2, -0.15) is 13.2 Å². The maximum Gasteiger partial charge on any atom is 0.416 e. The SMILES string of the molecule is CN(C)CC1CCC=C1c1ccc(C(F)(F)F)cc1. The fourth-order valence-corrected chi connectivity index (χ4v) is 2.60. The molecule has 0 spiro atoms. The molecular formula is C15H18F3N. The molecule has 0 saturated heterocycles. The maximum atomic E-state index is 12.5. The normalized spacial score (nSPS) is 19.9. The second-order valence-corrected chi connectivity index (χ2v) is 5.27. The van der Waals surface area contributed by atoms with Crippen LogP contribution >= 0.6 is 0 Å². The van der Waals surface area contributed by atoms with Crippen molar-refractivity contribution in [2.24, 2.45) is 5.92 Å². The first-order valence-electron chi connectivity index (χ1n) is 6.40. The van der Waals surface area contributed by atoms with Crippen LogP contribution in [0.4, 0.5) is 13.2 Å². The molecule has 0 bridgehead atoms. The molecule has 0 heterocycles. The van der Waals surface area contributed by atoms with Crippen LogP contribution in [0.2, 0.25) is 0 Å². The smallest absolute Gasteiger partial charge is 0.309 e. The van der Waals surface area contributed by atoms with E-state index in [1.165, 1.54) is 17.7 Å². The third-order valence-corrected chi connectivity index (χ3v) is 3.45. The van der Waals surface area contributed by atoms with Crippen molar-refractivity contribution in [1.29, 1.82) is 0 Å². The molecule has 2 rings (SSSR count). The third kappa shape index (κ3) is 3.38. The third-order valence-electron chi connectivity index (χ3n) is 3.45. The summed E-state index contributed by atoms with van der Waals surface area (Å²) in [6, 6.07) is 5.51. The van der Waals surface area contributed by atoms with Crippen LogP contribution in [0.25, 0.3) is 5.57 Å². The summed E-state index contributed by atoms with van der Waals surface area (Å²) in [4.78, 5) is 2.12. The van der Waals surface area contributed by atoms with Crippen LogP contribution in [0.5, 0.6) is 0 Å². The van der Waals surface area contributed by atoms with E-state index in [0.29, 0.717) is 5.92 Å². The summed E-state index contributed by atoms with van der Waals surface area (Å²) in [5, 5.41) is 0. The van der Waals surface area contributed by atoms with Gasteiger partial charge in [-0.1, -0.05) is 18.2 Å². The van der Waals surface area contributed by atoms with Gasteiger partial charge in [0.2, 0.25) is 0 Å². The molecule has 0 amide bonds. The number of rotatable bonds is 3. The van der Waals surface area contributed by atoms with Crippen LogP contribution in [0, 0.1) is 5.92 Å². The fraction of sp³-hybridized carbons (Fsp3) is 0.467. The van der Waals surface area contributed by atoms with E-state index in [2.05, 4.69) is 11.0 Å². The van der Waals surface area contributed by atoms with Crippen LogP contribution < -0.4 is 0 Å². The summed E-state index contributed by atoms with van der Waals surface area (Å²) < 4.78 is 37.6. The van der Waals surface area contributed by atoms with Gasteiger partial charge < -0.3 is 4.90 Å². The molecule has 1 unspecified atom stereocenters. The predicted octanol–water partition coefficient (Wildman–Crippen LogP) is 4.06. The molecule has 0 aromatic heterocycles. The molecular weight excluding hydrogens is 251 g/mol. The first-order chi connectivity index (χ1) is 8.88. The zero-order valence-corrected chi connectivity index (χ0v) is 11.2. The predicted molar refractivity (Wildman–Crippen MR) is 70.7 cm³/mol. The highest BCUT2D eigenvalue weighted by atomic mass is 19.4. The van der Waals surface area contributed by atoms with Crippen LogP contribution in [-0.4, -0.2) is 25.5 Å². The van der Waals surface area contributed by atoms with Gasteiger partial charge in [-0.25, -0.2) is 0 Å². The largest absolute Gasteiger partial charge is 0.416 e. The van der Waals surface area contributed by atoms with Crippen molar-refractivity contribution in [1.82, 2.24) is 4.90 Å². The Morgan fingerprint density at radius 2 is 1.79 bits per heavy atom. The number of hydrogen-bond donors (Lipinski definition) is 0. The van der Waals surface area contributed by atoms with E-state index < -0.39 is 11.7 Å². The highest BCUT2D eigenvalue weighted by Gasteiger charge is 2.30. The van der Waals surface area contributed by atoms with E-state index in [9.17, 15) is 13.2 Å². The molecule has 1 aliphatic rings. The van der Waals surface area contributed by atoms with E-state index in [1.807, 2.05) is 14.1 Å². The zero-order chi connectivity index (χ0) is 14.0.